The maximum Gasteiger partial charge on any atom is 0.228 e. The predicted octanol–water partition coefficient (Wildman–Crippen LogP) is 4.27. The molecule has 4 rings (SSSR count). The number of pyridine rings is 1. The normalized spacial score (nSPS) is 17.5. The van der Waals surface area contributed by atoms with Gasteiger partial charge in [-0.15, -0.1) is 0 Å². The number of benzene rings is 1. The monoisotopic (exact) mass is 419 g/mol. The highest BCUT2D eigenvalue weighted by Gasteiger charge is 2.35. The summed E-state index contributed by atoms with van der Waals surface area (Å²) in [6, 6.07) is 11.9. The van der Waals surface area contributed by atoms with Crippen LogP contribution >= 0.6 is 0 Å². The zero-order valence-electron chi connectivity index (χ0n) is 17.5. The van der Waals surface area contributed by atoms with Gasteiger partial charge in [-0.25, -0.2) is 14.1 Å². The van der Waals surface area contributed by atoms with Gasteiger partial charge in [-0.1, -0.05) is 13.8 Å². The lowest BCUT2D eigenvalue weighted by Gasteiger charge is -2.28. The van der Waals surface area contributed by atoms with E-state index in [0.717, 1.165) is 5.56 Å². The Morgan fingerprint density at radius 3 is 2.71 bits per heavy atom. The summed E-state index contributed by atoms with van der Waals surface area (Å²) in [5.41, 5.74) is 2.06. The van der Waals surface area contributed by atoms with Crippen molar-refractivity contribution in [2.24, 2.45) is 11.3 Å². The van der Waals surface area contributed by atoms with Gasteiger partial charge in [0.15, 0.2) is 0 Å². The molecule has 158 valence electrons. The number of carbonyl (C=O) groups excluding carboxylic acids is 1. The number of nitrogens with zero attached hydrogens (tertiary/aromatic N) is 4. The SMILES string of the molecule is CC(C)C(=O)Nc1cc(-c2c(-c3ccc(F)cc3)nn3c2OCC(C)(C#N)C3)ccn1. The molecule has 0 saturated heterocycles. The highest BCUT2D eigenvalue weighted by Crippen LogP contribution is 2.43. The molecule has 0 fully saturated rings. The second kappa shape index (κ2) is 7.84. The van der Waals surface area contributed by atoms with Crippen LogP contribution in [-0.2, 0) is 11.3 Å². The summed E-state index contributed by atoms with van der Waals surface area (Å²) in [5, 5.41) is 17.0. The molecule has 1 aliphatic heterocycles. The van der Waals surface area contributed by atoms with Crippen molar-refractivity contribution in [3.05, 3.63) is 48.4 Å². The van der Waals surface area contributed by atoms with Gasteiger partial charge in [-0.3, -0.25) is 4.79 Å². The topological polar surface area (TPSA) is 92.8 Å². The average molecular weight is 419 g/mol. The zero-order chi connectivity index (χ0) is 22.2. The molecule has 0 bridgehead atoms. The van der Waals surface area contributed by atoms with Crippen molar-refractivity contribution in [3.8, 4) is 34.3 Å². The number of anilines is 1. The van der Waals surface area contributed by atoms with E-state index in [0.29, 0.717) is 35.1 Å². The highest BCUT2D eigenvalue weighted by atomic mass is 19.1. The Kier molecular flexibility index (Phi) is 5.19. The molecule has 1 atom stereocenters. The third-order valence-corrected chi connectivity index (χ3v) is 5.14. The summed E-state index contributed by atoms with van der Waals surface area (Å²) in [7, 11) is 0. The number of fused-ring (bicyclic) bond motifs is 1. The average Bonchev–Trinajstić information content (AvgIpc) is 3.12. The smallest absolute Gasteiger partial charge is 0.228 e. The summed E-state index contributed by atoms with van der Waals surface area (Å²) >= 11 is 0. The number of hydrogen-bond donors (Lipinski definition) is 1. The maximum absolute atomic E-state index is 13.5. The fourth-order valence-electron chi connectivity index (χ4n) is 3.37. The molecule has 1 unspecified atom stereocenters. The van der Waals surface area contributed by atoms with Gasteiger partial charge in [0, 0.05) is 17.7 Å². The third-order valence-electron chi connectivity index (χ3n) is 5.14. The van der Waals surface area contributed by atoms with E-state index in [-0.39, 0.29) is 24.2 Å². The molecule has 0 radical (unpaired) electrons. The van der Waals surface area contributed by atoms with E-state index in [9.17, 15) is 14.4 Å². The summed E-state index contributed by atoms with van der Waals surface area (Å²) < 4.78 is 21.2. The predicted molar refractivity (Wildman–Crippen MR) is 114 cm³/mol. The fourth-order valence-corrected chi connectivity index (χ4v) is 3.37. The van der Waals surface area contributed by atoms with Crippen molar-refractivity contribution in [1.82, 2.24) is 14.8 Å². The molecule has 8 heteroatoms. The first-order valence-corrected chi connectivity index (χ1v) is 9.98. The lowest BCUT2D eigenvalue weighted by atomic mass is 9.93. The summed E-state index contributed by atoms with van der Waals surface area (Å²) in [5.74, 6) is 0.279. The molecule has 0 spiro atoms. The van der Waals surface area contributed by atoms with Gasteiger partial charge in [0.25, 0.3) is 0 Å². The summed E-state index contributed by atoms with van der Waals surface area (Å²) in [6.45, 7) is 6.03. The van der Waals surface area contributed by atoms with Crippen molar-refractivity contribution in [3.63, 3.8) is 0 Å². The largest absolute Gasteiger partial charge is 0.476 e. The first kappa shape index (κ1) is 20.5. The van der Waals surface area contributed by atoms with Gasteiger partial charge in [0.1, 0.15) is 29.4 Å². The van der Waals surface area contributed by atoms with Crippen LogP contribution in [0, 0.1) is 28.5 Å². The number of nitrogens with one attached hydrogen (secondary N) is 1. The van der Waals surface area contributed by atoms with Crippen LogP contribution in [0.5, 0.6) is 5.88 Å². The van der Waals surface area contributed by atoms with Crippen molar-refractivity contribution in [2.75, 3.05) is 11.9 Å². The number of hydrogen-bond acceptors (Lipinski definition) is 5. The first-order valence-electron chi connectivity index (χ1n) is 9.98. The van der Waals surface area contributed by atoms with Crippen LogP contribution in [0.25, 0.3) is 22.4 Å². The molecule has 0 aliphatic carbocycles. The number of amides is 1. The van der Waals surface area contributed by atoms with Gasteiger partial charge in [0.05, 0.1) is 18.2 Å². The van der Waals surface area contributed by atoms with Crippen LogP contribution in [0.2, 0.25) is 0 Å². The Morgan fingerprint density at radius 2 is 2.03 bits per heavy atom. The fraction of sp³-hybridized carbons (Fsp3) is 0.304. The minimum Gasteiger partial charge on any atom is -0.476 e. The summed E-state index contributed by atoms with van der Waals surface area (Å²) in [4.78, 5) is 16.4. The van der Waals surface area contributed by atoms with Gasteiger partial charge in [0.2, 0.25) is 11.8 Å². The number of ether oxygens (including phenoxy) is 1. The Hall–Kier alpha value is -3.73. The number of rotatable bonds is 4. The molecule has 7 nitrogen and oxygen atoms in total. The molecule has 1 amide bonds. The van der Waals surface area contributed by atoms with Gasteiger partial charge in [-0.05, 0) is 48.9 Å². The van der Waals surface area contributed by atoms with Crippen LogP contribution in [0.1, 0.15) is 20.8 Å². The number of halogens is 1. The van der Waals surface area contributed by atoms with E-state index < -0.39 is 5.41 Å². The van der Waals surface area contributed by atoms with Gasteiger partial charge < -0.3 is 10.1 Å². The first-order chi connectivity index (χ1) is 14.8. The molecule has 2 aromatic heterocycles. The van der Waals surface area contributed by atoms with Crippen LogP contribution in [0.3, 0.4) is 0 Å². The number of carbonyl (C=O) groups is 1. The molecule has 1 N–H and O–H groups in total. The van der Waals surface area contributed by atoms with Crippen LogP contribution < -0.4 is 10.1 Å². The molecule has 3 heterocycles. The Labute approximate surface area is 179 Å². The Balaban J connectivity index is 1.84. The molecule has 31 heavy (non-hydrogen) atoms. The van der Waals surface area contributed by atoms with Crippen LogP contribution in [0.15, 0.2) is 42.6 Å². The van der Waals surface area contributed by atoms with E-state index >= 15 is 0 Å². The quantitative estimate of drug-likeness (QED) is 0.682. The number of aromatic nitrogens is 3. The van der Waals surface area contributed by atoms with E-state index in [4.69, 9.17) is 9.84 Å². The zero-order valence-corrected chi connectivity index (χ0v) is 17.5. The lowest BCUT2D eigenvalue weighted by molar-refractivity contribution is -0.118. The van der Waals surface area contributed by atoms with Gasteiger partial charge >= 0.3 is 0 Å². The second-order valence-electron chi connectivity index (χ2n) is 8.23. The molecule has 3 aromatic rings. The van der Waals surface area contributed by atoms with Crippen molar-refractivity contribution >= 4 is 11.7 Å². The molecular formula is C23H22FN5O2. The van der Waals surface area contributed by atoms with E-state index in [2.05, 4.69) is 16.4 Å². The second-order valence-corrected chi connectivity index (χ2v) is 8.23. The van der Waals surface area contributed by atoms with Crippen LogP contribution in [-0.4, -0.2) is 27.3 Å². The molecule has 1 aromatic carbocycles. The van der Waals surface area contributed by atoms with Gasteiger partial charge in [-0.2, -0.15) is 10.4 Å². The number of nitriles is 1. The minimum absolute atomic E-state index is 0.138. The van der Waals surface area contributed by atoms with E-state index in [1.54, 1.807) is 49.0 Å². The third kappa shape index (κ3) is 3.99. The van der Waals surface area contributed by atoms with Crippen molar-refractivity contribution < 1.29 is 13.9 Å². The Bertz CT molecular complexity index is 1180. The van der Waals surface area contributed by atoms with Crippen molar-refractivity contribution in [1.29, 1.82) is 5.26 Å². The standard InChI is InChI=1S/C23H22FN5O2/c1-14(2)21(30)27-18-10-16(8-9-26-18)19-20(15-4-6-17(24)7-5-15)28-29-12-23(3,11-25)13-31-22(19)29/h4-10,14H,12-13H2,1-3H3,(H,26,27,30). The molecule has 0 saturated carbocycles. The van der Waals surface area contributed by atoms with E-state index in [1.807, 2.05) is 6.92 Å². The van der Waals surface area contributed by atoms with Crippen molar-refractivity contribution in [2.45, 2.75) is 27.3 Å². The Morgan fingerprint density at radius 1 is 1.29 bits per heavy atom. The van der Waals surface area contributed by atoms with Crippen LogP contribution in [0.4, 0.5) is 10.2 Å². The lowest BCUT2D eigenvalue weighted by Crippen LogP contribution is -2.34. The summed E-state index contributed by atoms with van der Waals surface area (Å²) in [6.07, 6.45) is 1.60. The van der Waals surface area contributed by atoms with E-state index in [1.165, 1.54) is 12.1 Å². The minimum atomic E-state index is -0.703. The maximum atomic E-state index is 13.5. The molecule has 1 aliphatic rings. The highest BCUT2D eigenvalue weighted by molar-refractivity contribution is 5.92. The molecular weight excluding hydrogens is 397 g/mol.